The molecular formula is C11H19N3. The fourth-order valence-electron chi connectivity index (χ4n) is 2.20. The first-order chi connectivity index (χ1) is 6.65. The molecule has 2 atom stereocenters. The summed E-state index contributed by atoms with van der Waals surface area (Å²) in [6, 6.07) is 2.75. The summed E-state index contributed by atoms with van der Waals surface area (Å²) in [5.41, 5.74) is 6.03. The highest BCUT2D eigenvalue weighted by Gasteiger charge is 2.45. The molecule has 78 valence electrons. The van der Waals surface area contributed by atoms with E-state index >= 15 is 0 Å². The van der Waals surface area contributed by atoms with E-state index < -0.39 is 0 Å². The number of hydrogen-bond acceptors (Lipinski definition) is 3. The van der Waals surface area contributed by atoms with Crippen LogP contribution in [0.15, 0.2) is 0 Å². The van der Waals surface area contributed by atoms with E-state index in [1.165, 1.54) is 6.42 Å². The molecule has 0 radical (unpaired) electrons. The summed E-state index contributed by atoms with van der Waals surface area (Å²) in [7, 11) is 0. The first kappa shape index (κ1) is 9.95. The fourth-order valence-corrected chi connectivity index (χ4v) is 2.20. The van der Waals surface area contributed by atoms with Crippen LogP contribution in [0.25, 0.3) is 0 Å². The highest BCUT2D eigenvalue weighted by Crippen LogP contribution is 2.45. The monoisotopic (exact) mass is 193 g/mol. The zero-order valence-electron chi connectivity index (χ0n) is 8.87. The Hall–Kier alpha value is -0.590. The standard InChI is InChI=1S/C11H19N3/c1-9-2-5-14(6-10(9)13)8-11(7-12)3-4-11/h9-10H,2-6,8,13H2,1H3. The Balaban J connectivity index is 1.86. The van der Waals surface area contributed by atoms with Crippen molar-refractivity contribution in [3.63, 3.8) is 0 Å². The molecule has 2 rings (SSSR count). The van der Waals surface area contributed by atoms with E-state index in [1.807, 2.05) is 0 Å². The summed E-state index contributed by atoms with van der Waals surface area (Å²) < 4.78 is 0. The molecule has 3 nitrogen and oxygen atoms in total. The topological polar surface area (TPSA) is 53.0 Å². The zero-order valence-corrected chi connectivity index (χ0v) is 8.87. The molecule has 2 unspecified atom stereocenters. The molecule has 1 heterocycles. The van der Waals surface area contributed by atoms with Crippen LogP contribution < -0.4 is 5.73 Å². The first-order valence-electron chi connectivity index (χ1n) is 5.54. The van der Waals surface area contributed by atoms with Crippen LogP contribution in [0.3, 0.4) is 0 Å². The minimum Gasteiger partial charge on any atom is -0.326 e. The Labute approximate surface area is 85.9 Å². The van der Waals surface area contributed by atoms with Crippen LogP contribution in [0.5, 0.6) is 0 Å². The van der Waals surface area contributed by atoms with Gasteiger partial charge in [-0.1, -0.05) is 6.92 Å². The molecule has 0 aromatic carbocycles. The summed E-state index contributed by atoms with van der Waals surface area (Å²) in [4.78, 5) is 2.38. The van der Waals surface area contributed by atoms with E-state index in [4.69, 9.17) is 11.0 Å². The van der Waals surface area contributed by atoms with Gasteiger partial charge >= 0.3 is 0 Å². The van der Waals surface area contributed by atoms with Crippen molar-refractivity contribution in [2.75, 3.05) is 19.6 Å². The third-order valence-corrected chi connectivity index (χ3v) is 3.72. The predicted octanol–water partition coefficient (Wildman–Crippen LogP) is 0.959. The Morgan fingerprint density at radius 3 is 2.79 bits per heavy atom. The molecule has 2 aliphatic rings. The second-order valence-corrected chi connectivity index (χ2v) is 5.06. The van der Waals surface area contributed by atoms with Crippen molar-refractivity contribution >= 4 is 0 Å². The number of hydrogen-bond donors (Lipinski definition) is 1. The lowest BCUT2D eigenvalue weighted by Crippen LogP contribution is -2.48. The van der Waals surface area contributed by atoms with E-state index in [-0.39, 0.29) is 5.41 Å². The van der Waals surface area contributed by atoms with Crippen molar-refractivity contribution in [3.05, 3.63) is 0 Å². The van der Waals surface area contributed by atoms with Crippen molar-refractivity contribution in [2.45, 2.75) is 32.2 Å². The van der Waals surface area contributed by atoms with Crippen LogP contribution in [0, 0.1) is 22.7 Å². The fraction of sp³-hybridized carbons (Fsp3) is 0.909. The molecule has 1 saturated heterocycles. The smallest absolute Gasteiger partial charge is 0.0703 e. The maximum atomic E-state index is 9.00. The van der Waals surface area contributed by atoms with Gasteiger partial charge in [0, 0.05) is 19.1 Å². The van der Waals surface area contributed by atoms with Gasteiger partial charge in [-0.25, -0.2) is 0 Å². The number of nitrogens with zero attached hydrogens (tertiary/aromatic N) is 2. The second kappa shape index (κ2) is 3.52. The summed E-state index contributed by atoms with van der Waals surface area (Å²) in [6.07, 6.45) is 3.36. The predicted molar refractivity (Wildman–Crippen MR) is 55.5 cm³/mol. The molecular weight excluding hydrogens is 174 g/mol. The quantitative estimate of drug-likeness (QED) is 0.710. The minimum absolute atomic E-state index is 0.000296. The van der Waals surface area contributed by atoms with Crippen LogP contribution >= 0.6 is 0 Å². The molecule has 1 aliphatic carbocycles. The van der Waals surface area contributed by atoms with E-state index in [9.17, 15) is 0 Å². The summed E-state index contributed by atoms with van der Waals surface area (Å²) in [6.45, 7) is 5.27. The van der Waals surface area contributed by atoms with Crippen molar-refractivity contribution in [1.82, 2.24) is 4.90 Å². The highest BCUT2D eigenvalue weighted by atomic mass is 15.2. The van der Waals surface area contributed by atoms with Gasteiger partial charge in [0.05, 0.1) is 11.5 Å². The molecule has 3 heteroatoms. The molecule has 0 aromatic rings. The second-order valence-electron chi connectivity index (χ2n) is 5.06. The zero-order chi connectivity index (χ0) is 10.2. The van der Waals surface area contributed by atoms with Crippen molar-refractivity contribution in [1.29, 1.82) is 5.26 Å². The van der Waals surface area contributed by atoms with Crippen LogP contribution in [-0.4, -0.2) is 30.6 Å². The SMILES string of the molecule is CC1CCN(CC2(C#N)CC2)CC1N. The molecule has 0 bridgehead atoms. The van der Waals surface area contributed by atoms with E-state index in [2.05, 4.69) is 17.9 Å². The molecule has 0 spiro atoms. The average Bonchev–Trinajstić information content (AvgIpc) is 2.93. The molecule has 1 aliphatic heterocycles. The third kappa shape index (κ3) is 1.92. The van der Waals surface area contributed by atoms with Gasteiger partial charge in [-0.05, 0) is 31.7 Å². The molecule has 2 N–H and O–H groups in total. The largest absolute Gasteiger partial charge is 0.326 e. The summed E-state index contributed by atoms with van der Waals surface area (Å²) >= 11 is 0. The molecule has 0 amide bonds. The Kier molecular flexibility index (Phi) is 2.50. The van der Waals surface area contributed by atoms with E-state index in [1.54, 1.807) is 0 Å². The van der Waals surface area contributed by atoms with Crippen LogP contribution in [-0.2, 0) is 0 Å². The maximum Gasteiger partial charge on any atom is 0.0703 e. The molecule has 0 aromatic heterocycles. The normalized spacial score (nSPS) is 36.4. The van der Waals surface area contributed by atoms with Crippen molar-refractivity contribution in [2.24, 2.45) is 17.1 Å². The van der Waals surface area contributed by atoms with E-state index in [0.717, 1.165) is 32.5 Å². The lowest BCUT2D eigenvalue weighted by Gasteiger charge is -2.35. The van der Waals surface area contributed by atoms with Crippen molar-refractivity contribution < 1.29 is 0 Å². The Morgan fingerprint density at radius 1 is 1.57 bits per heavy atom. The minimum atomic E-state index is 0.000296. The molecule has 14 heavy (non-hydrogen) atoms. The van der Waals surface area contributed by atoms with Crippen LogP contribution in [0.4, 0.5) is 0 Å². The number of nitrogens with two attached hydrogens (primary N) is 1. The highest BCUT2D eigenvalue weighted by molar-refractivity contribution is 5.11. The van der Waals surface area contributed by atoms with E-state index in [0.29, 0.717) is 12.0 Å². The van der Waals surface area contributed by atoms with Gasteiger partial charge in [-0.2, -0.15) is 5.26 Å². The number of nitriles is 1. The van der Waals surface area contributed by atoms with Crippen LogP contribution in [0.2, 0.25) is 0 Å². The van der Waals surface area contributed by atoms with Gasteiger partial charge in [0.15, 0.2) is 0 Å². The van der Waals surface area contributed by atoms with Gasteiger partial charge < -0.3 is 10.6 Å². The first-order valence-corrected chi connectivity index (χ1v) is 5.54. The van der Waals surface area contributed by atoms with Gasteiger partial charge in [-0.15, -0.1) is 0 Å². The van der Waals surface area contributed by atoms with Gasteiger partial charge in [0.1, 0.15) is 0 Å². The number of likely N-dealkylation sites (tertiary alicyclic amines) is 1. The van der Waals surface area contributed by atoms with Gasteiger partial charge in [0.25, 0.3) is 0 Å². The molecule has 2 fully saturated rings. The average molecular weight is 193 g/mol. The number of rotatable bonds is 2. The van der Waals surface area contributed by atoms with Crippen molar-refractivity contribution in [3.8, 4) is 6.07 Å². The molecule has 1 saturated carbocycles. The van der Waals surface area contributed by atoms with Crippen LogP contribution in [0.1, 0.15) is 26.2 Å². The Morgan fingerprint density at radius 2 is 2.29 bits per heavy atom. The summed E-state index contributed by atoms with van der Waals surface area (Å²) in [5.74, 6) is 0.642. The van der Waals surface area contributed by atoms with Gasteiger partial charge in [-0.3, -0.25) is 0 Å². The lowest BCUT2D eigenvalue weighted by atomic mass is 9.93. The third-order valence-electron chi connectivity index (χ3n) is 3.72. The Bertz CT molecular complexity index is 252. The number of piperidine rings is 1. The lowest BCUT2D eigenvalue weighted by molar-refractivity contribution is 0.153. The van der Waals surface area contributed by atoms with Gasteiger partial charge in [0.2, 0.25) is 0 Å². The maximum absolute atomic E-state index is 9.00. The summed E-state index contributed by atoms with van der Waals surface area (Å²) in [5, 5.41) is 9.00.